The van der Waals surface area contributed by atoms with Crippen LogP contribution in [0.1, 0.15) is 18.5 Å². The summed E-state index contributed by atoms with van der Waals surface area (Å²) in [6, 6.07) is 1.22. The van der Waals surface area contributed by atoms with Gasteiger partial charge >= 0.3 is 18.2 Å². The number of esters is 1. The third-order valence-electron chi connectivity index (χ3n) is 4.11. The zero-order valence-corrected chi connectivity index (χ0v) is 14.7. The third-order valence-corrected chi connectivity index (χ3v) is 4.11. The zero-order valence-electron chi connectivity index (χ0n) is 14.7. The highest BCUT2D eigenvalue weighted by atomic mass is 19.4. The van der Waals surface area contributed by atoms with Crippen LogP contribution in [-0.4, -0.2) is 49.8 Å². The third kappa shape index (κ3) is 3.72. The quantitative estimate of drug-likeness (QED) is 0.656. The van der Waals surface area contributed by atoms with E-state index in [4.69, 9.17) is 14.2 Å². The van der Waals surface area contributed by atoms with E-state index in [2.05, 4.69) is 5.32 Å². The Bertz CT molecular complexity index is 727. The highest BCUT2D eigenvalue weighted by Gasteiger charge is 2.67. The number of carbonyl (C=O) groups is 2. The fourth-order valence-electron chi connectivity index (χ4n) is 2.86. The van der Waals surface area contributed by atoms with Crippen LogP contribution in [0.3, 0.4) is 0 Å². The number of hydrogen-bond acceptors (Lipinski definition) is 6. The number of carbonyl (C=O) groups excluding carboxylic acids is 2. The SMILES string of the molecule is CCOC(=O)C1C(c2ccc(OC)c(OC)c2)NC(=O)NC1(O)C(F)(F)F. The molecular formula is C16H19F3N2O6. The zero-order chi connectivity index (χ0) is 20.4. The van der Waals surface area contributed by atoms with Gasteiger partial charge in [-0.25, -0.2) is 4.79 Å². The molecule has 0 radical (unpaired) electrons. The number of rotatable bonds is 5. The molecule has 3 atom stereocenters. The van der Waals surface area contributed by atoms with E-state index in [1.165, 1.54) is 44.7 Å². The lowest BCUT2D eigenvalue weighted by molar-refractivity contribution is -0.294. The van der Waals surface area contributed by atoms with E-state index in [0.717, 1.165) is 0 Å². The van der Waals surface area contributed by atoms with Gasteiger partial charge in [0.2, 0.25) is 0 Å². The summed E-state index contributed by atoms with van der Waals surface area (Å²) in [4.78, 5) is 24.1. The molecule has 8 nitrogen and oxygen atoms in total. The van der Waals surface area contributed by atoms with Crippen LogP contribution in [0.5, 0.6) is 11.5 Å². The number of ether oxygens (including phenoxy) is 3. The summed E-state index contributed by atoms with van der Waals surface area (Å²) in [7, 11) is 2.69. The number of alkyl halides is 3. The number of urea groups is 1. The maximum atomic E-state index is 13.6. The monoisotopic (exact) mass is 392 g/mol. The number of nitrogens with one attached hydrogen (secondary N) is 2. The van der Waals surface area contributed by atoms with E-state index >= 15 is 0 Å². The topological polar surface area (TPSA) is 106 Å². The van der Waals surface area contributed by atoms with Crippen molar-refractivity contribution in [1.82, 2.24) is 10.6 Å². The maximum Gasteiger partial charge on any atom is 0.437 e. The average molecular weight is 392 g/mol. The maximum absolute atomic E-state index is 13.6. The van der Waals surface area contributed by atoms with Crippen LogP contribution in [0, 0.1) is 5.92 Å². The fourth-order valence-corrected chi connectivity index (χ4v) is 2.86. The first-order valence-corrected chi connectivity index (χ1v) is 7.85. The Morgan fingerprint density at radius 3 is 2.41 bits per heavy atom. The second-order valence-electron chi connectivity index (χ2n) is 5.68. The van der Waals surface area contributed by atoms with Gasteiger partial charge in [-0.05, 0) is 24.6 Å². The Balaban J connectivity index is 2.60. The second kappa shape index (κ2) is 7.51. The summed E-state index contributed by atoms with van der Waals surface area (Å²) < 4.78 is 55.6. The molecule has 0 spiro atoms. The summed E-state index contributed by atoms with van der Waals surface area (Å²) in [6.45, 7) is 1.20. The molecule has 1 aromatic carbocycles. The van der Waals surface area contributed by atoms with Gasteiger partial charge in [-0.2, -0.15) is 13.2 Å². The van der Waals surface area contributed by atoms with Crippen molar-refractivity contribution in [3.8, 4) is 11.5 Å². The molecule has 3 N–H and O–H groups in total. The van der Waals surface area contributed by atoms with Crippen LogP contribution >= 0.6 is 0 Å². The molecule has 0 aromatic heterocycles. The average Bonchev–Trinajstić information content (AvgIpc) is 2.59. The molecule has 1 fully saturated rings. The Morgan fingerprint density at radius 2 is 1.89 bits per heavy atom. The molecule has 1 saturated heterocycles. The predicted octanol–water partition coefficient (Wildman–Crippen LogP) is 1.49. The molecular weight excluding hydrogens is 373 g/mol. The van der Waals surface area contributed by atoms with Crippen molar-refractivity contribution >= 4 is 12.0 Å². The van der Waals surface area contributed by atoms with Crippen LogP contribution in [0.15, 0.2) is 18.2 Å². The van der Waals surface area contributed by atoms with E-state index in [1.807, 2.05) is 0 Å². The van der Waals surface area contributed by atoms with E-state index in [0.29, 0.717) is 5.75 Å². The normalized spacial score (nSPS) is 25.2. The van der Waals surface area contributed by atoms with Gasteiger partial charge in [-0.3, -0.25) is 4.79 Å². The first-order chi connectivity index (χ1) is 12.6. The summed E-state index contributed by atoms with van der Waals surface area (Å²) in [5.74, 6) is -3.07. The lowest BCUT2D eigenvalue weighted by atomic mass is 9.82. The van der Waals surface area contributed by atoms with E-state index in [-0.39, 0.29) is 17.9 Å². The van der Waals surface area contributed by atoms with Crippen molar-refractivity contribution in [2.24, 2.45) is 5.92 Å². The molecule has 3 unspecified atom stereocenters. The first-order valence-electron chi connectivity index (χ1n) is 7.85. The van der Waals surface area contributed by atoms with Gasteiger partial charge in [0.1, 0.15) is 5.92 Å². The van der Waals surface area contributed by atoms with Crippen molar-refractivity contribution < 1.29 is 42.1 Å². The number of hydrogen-bond donors (Lipinski definition) is 3. The van der Waals surface area contributed by atoms with Crippen LogP contribution in [-0.2, 0) is 9.53 Å². The Kier molecular flexibility index (Phi) is 5.73. The largest absolute Gasteiger partial charge is 0.493 e. The van der Waals surface area contributed by atoms with Crippen LogP contribution in [0.25, 0.3) is 0 Å². The van der Waals surface area contributed by atoms with Gasteiger partial charge < -0.3 is 30.0 Å². The number of methoxy groups -OCH3 is 2. The van der Waals surface area contributed by atoms with E-state index < -0.39 is 35.9 Å². The number of benzene rings is 1. The van der Waals surface area contributed by atoms with Gasteiger partial charge in [-0.1, -0.05) is 6.07 Å². The molecule has 2 amide bonds. The Hall–Kier alpha value is -2.69. The van der Waals surface area contributed by atoms with Crippen molar-refractivity contribution in [1.29, 1.82) is 0 Å². The fraction of sp³-hybridized carbons (Fsp3) is 0.500. The molecule has 11 heteroatoms. The molecule has 1 aliphatic heterocycles. The number of aliphatic hydroxyl groups is 1. The smallest absolute Gasteiger partial charge is 0.437 e. The van der Waals surface area contributed by atoms with Crippen LogP contribution < -0.4 is 20.1 Å². The predicted molar refractivity (Wildman–Crippen MR) is 85.1 cm³/mol. The lowest BCUT2D eigenvalue weighted by Crippen LogP contribution is -2.73. The van der Waals surface area contributed by atoms with Gasteiger partial charge in [0.15, 0.2) is 11.5 Å². The minimum atomic E-state index is -5.34. The number of amides is 2. The van der Waals surface area contributed by atoms with Crippen LogP contribution in [0.2, 0.25) is 0 Å². The van der Waals surface area contributed by atoms with Crippen molar-refractivity contribution in [3.05, 3.63) is 23.8 Å². The lowest BCUT2D eigenvalue weighted by Gasteiger charge is -2.44. The molecule has 0 bridgehead atoms. The molecule has 1 aliphatic rings. The Labute approximate surface area is 152 Å². The Morgan fingerprint density at radius 1 is 1.26 bits per heavy atom. The van der Waals surface area contributed by atoms with Crippen molar-refractivity contribution in [2.75, 3.05) is 20.8 Å². The standard InChI is InChI=1S/C16H19F3N2O6/c1-4-27-13(22)11-12(8-5-6-9(25-2)10(7-8)26-3)20-14(23)21-15(11,24)16(17,18)19/h5-7,11-12,24H,4H2,1-3H3,(H2,20,21,23). The summed E-state index contributed by atoms with van der Waals surface area (Å²) in [5, 5.41) is 13.9. The van der Waals surface area contributed by atoms with Gasteiger partial charge in [0.25, 0.3) is 5.72 Å². The summed E-state index contributed by atoms with van der Waals surface area (Å²) in [6.07, 6.45) is -5.34. The summed E-state index contributed by atoms with van der Waals surface area (Å²) in [5.41, 5.74) is -3.73. The highest BCUT2D eigenvalue weighted by Crippen LogP contribution is 2.44. The van der Waals surface area contributed by atoms with Crippen molar-refractivity contribution in [3.63, 3.8) is 0 Å². The van der Waals surface area contributed by atoms with Crippen LogP contribution in [0.4, 0.5) is 18.0 Å². The molecule has 150 valence electrons. The summed E-state index contributed by atoms with van der Waals surface area (Å²) >= 11 is 0. The van der Waals surface area contributed by atoms with E-state index in [1.54, 1.807) is 0 Å². The highest BCUT2D eigenvalue weighted by molar-refractivity contribution is 5.83. The van der Waals surface area contributed by atoms with E-state index in [9.17, 15) is 27.9 Å². The molecule has 1 aromatic rings. The molecule has 2 rings (SSSR count). The minimum Gasteiger partial charge on any atom is -0.493 e. The van der Waals surface area contributed by atoms with Crippen molar-refractivity contribution in [2.45, 2.75) is 24.9 Å². The molecule has 27 heavy (non-hydrogen) atoms. The molecule has 1 heterocycles. The minimum absolute atomic E-state index is 0.0863. The molecule has 0 aliphatic carbocycles. The van der Waals surface area contributed by atoms with Gasteiger partial charge in [0, 0.05) is 0 Å². The van der Waals surface area contributed by atoms with Gasteiger partial charge in [0.05, 0.1) is 26.9 Å². The second-order valence-corrected chi connectivity index (χ2v) is 5.68. The van der Waals surface area contributed by atoms with Gasteiger partial charge in [-0.15, -0.1) is 0 Å². The molecule has 0 saturated carbocycles. The number of halogens is 3. The first kappa shape index (κ1) is 20.6.